The first-order chi connectivity index (χ1) is 9.19. The molecule has 0 aromatic rings. The minimum atomic E-state index is -0.962. The standard InChI is InChI=1S/C13H22N2O5/c1-9-8-15(4-5-20-9)12(19)14-10(16)6-13(2,3)7-11(17)18/h9H,4-8H2,1-3H3,(H,17,18)(H,14,16,19). The highest BCUT2D eigenvalue weighted by Gasteiger charge is 2.28. The molecular weight excluding hydrogens is 264 g/mol. The molecule has 1 aliphatic heterocycles. The quantitative estimate of drug-likeness (QED) is 0.798. The molecular formula is C13H22N2O5. The number of amides is 3. The topological polar surface area (TPSA) is 95.9 Å². The molecule has 3 amide bonds. The van der Waals surface area contributed by atoms with Crippen molar-refractivity contribution in [1.29, 1.82) is 0 Å². The summed E-state index contributed by atoms with van der Waals surface area (Å²) in [6, 6.07) is -0.448. The SMILES string of the molecule is CC1CN(C(=O)NC(=O)CC(C)(C)CC(=O)O)CCO1. The lowest BCUT2D eigenvalue weighted by molar-refractivity contribution is -0.139. The van der Waals surface area contributed by atoms with Crippen LogP contribution in [0.15, 0.2) is 0 Å². The average molecular weight is 286 g/mol. The van der Waals surface area contributed by atoms with E-state index in [2.05, 4.69) is 5.32 Å². The largest absolute Gasteiger partial charge is 0.481 e. The van der Waals surface area contributed by atoms with Gasteiger partial charge >= 0.3 is 12.0 Å². The van der Waals surface area contributed by atoms with Gasteiger partial charge in [0.05, 0.1) is 19.1 Å². The van der Waals surface area contributed by atoms with Gasteiger partial charge in [0.25, 0.3) is 0 Å². The fourth-order valence-corrected chi connectivity index (χ4v) is 2.15. The minimum absolute atomic E-state index is 0.00899. The summed E-state index contributed by atoms with van der Waals surface area (Å²) in [6.45, 7) is 6.56. The normalized spacial score (nSPS) is 19.6. The Labute approximate surface area is 118 Å². The highest BCUT2D eigenvalue weighted by Crippen LogP contribution is 2.24. The smallest absolute Gasteiger partial charge is 0.324 e. The van der Waals surface area contributed by atoms with Gasteiger partial charge in [-0.15, -0.1) is 0 Å². The first-order valence-electron chi connectivity index (χ1n) is 6.62. The molecule has 1 heterocycles. The molecule has 1 rings (SSSR count). The number of carboxylic acids is 1. The summed E-state index contributed by atoms with van der Waals surface area (Å²) in [4.78, 5) is 35.9. The van der Waals surface area contributed by atoms with Crippen LogP contribution in [0.25, 0.3) is 0 Å². The molecule has 0 radical (unpaired) electrons. The van der Waals surface area contributed by atoms with E-state index in [4.69, 9.17) is 9.84 Å². The molecule has 7 nitrogen and oxygen atoms in total. The van der Waals surface area contributed by atoms with Crippen molar-refractivity contribution in [2.24, 2.45) is 5.41 Å². The summed E-state index contributed by atoms with van der Waals surface area (Å²) in [6.07, 6.45) is -0.179. The van der Waals surface area contributed by atoms with Crippen molar-refractivity contribution in [2.75, 3.05) is 19.7 Å². The summed E-state index contributed by atoms with van der Waals surface area (Å²) >= 11 is 0. The number of rotatable bonds is 4. The van der Waals surface area contributed by atoms with E-state index in [0.717, 1.165) is 0 Å². The second-order valence-electron chi connectivity index (χ2n) is 5.89. The molecule has 20 heavy (non-hydrogen) atoms. The molecule has 1 atom stereocenters. The third-order valence-corrected chi connectivity index (χ3v) is 3.04. The van der Waals surface area contributed by atoms with Crippen LogP contribution >= 0.6 is 0 Å². The van der Waals surface area contributed by atoms with E-state index >= 15 is 0 Å². The van der Waals surface area contributed by atoms with Gasteiger partial charge in [-0.1, -0.05) is 13.8 Å². The van der Waals surface area contributed by atoms with E-state index in [1.54, 1.807) is 13.8 Å². The van der Waals surface area contributed by atoms with Gasteiger partial charge in [0.1, 0.15) is 0 Å². The van der Waals surface area contributed by atoms with Crippen LogP contribution in [0.4, 0.5) is 4.79 Å². The molecule has 0 saturated carbocycles. The zero-order chi connectivity index (χ0) is 15.3. The van der Waals surface area contributed by atoms with Gasteiger partial charge in [-0.3, -0.25) is 14.9 Å². The van der Waals surface area contributed by atoms with E-state index in [9.17, 15) is 14.4 Å². The number of ether oxygens (including phenoxy) is 1. The van der Waals surface area contributed by atoms with Gasteiger partial charge in [0.2, 0.25) is 5.91 Å². The van der Waals surface area contributed by atoms with Crippen LogP contribution in [-0.4, -0.2) is 53.7 Å². The Hall–Kier alpha value is -1.63. The Morgan fingerprint density at radius 2 is 2.00 bits per heavy atom. The Balaban J connectivity index is 2.45. The van der Waals surface area contributed by atoms with Crippen LogP contribution in [0.1, 0.15) is 33.6 Å². The number of urea groups is 1. The predicted molar refractivity (Wildman–Crippen MR) is 71.2 cm³/mol. The second kappa shape index (κ2) is 6.69. The zero-order valence-electron chi connectivity index (χ0n) is 12.1. The highest BCUT2D eigenvalue weighted by atomic mass is 16.5. The number of carboxylic acid groups (broad SMARTS) is 1. The Kier molecular flexibility index (Phi) is 5.50. The van der Waals surface area contributed by atoms with Crippen molar-refractivity contribution in [3.63, 3.8) is 0 Å². The van der Waals surface area contributed by atoms with Crippen molar-refractivity contribution >= 4 is 17.9 Å². The van der Waals surface area contributed by atoms with Crippen LogP contribution in [-0.2, 0) is 14.3 Å². The second-order valence-corrected chi connectivity index (χ2v) is 5.89. The first kappa shape index (κ1) is 16.4. The number of carbonyl (C=O) groups excluding carboxylic acids is 2. The molecule has 1 saturated heterocycles. The summed E-state index contributed by atoms with van der Waals surface area (Å²) in [5.41, 5.74) is -0.686. The van der Waals surface area contributed by atoms with Crippen molar-refractivity contribution < 1.29 is 24.2 Å². The van der Waals surface area contributed by atoms with E-state index in [1.807, 2.05) is 6.92 Å². The van der Waals surface area contributed by atoms with E-state index < -0.39 is 23.3 Å². The Morgan fingerprint density at radius 1 is 1.35 bits per heavy atom. The van der Waals surface area contributed by atoms with E-state index in [-0.39, 0.29) is 18.9 Å². The maximum absolute atomic E-state index is 11.9. The fourth-order valence-electron chi connectivity index (χ4n) is 2.15. The van der Waals surface area contributed by atoms with Gasteiger partial charge in [-0.2, -0.15) is 0 Å². The molecule has 0 aromatic heterocycles. The number of morpholine rings is 1. The van der Waals surface area contributed by atoms with Crippen molar-refractivity contribution in [3.05, 3.63) is 0 Å². The zero-order valence-corrected chi connectivity index (χ0v) is 12.1. The fraction of sp³-hybridized carbons (Fsp3) is 0.769. The van der Waals surface area contributed by atoms with E-state index in [0.29, 0.717) is 19.7 Å². The molecule has 1 unspecified atom stereocenters. The summed E-state index contributed by atoms with van der Waals surface area (Å²) < 4.78 is 5.32. The van der Waals surface area contributed by atoms with Crippen molar-refractivity contribution in [1.82, 2.24) is 10.2 Å². The maximum Gasteiger partial charge on any atom is 0.324 e. The molecule has 0 aliphatic carbocycles. The average Bonchev–Trinajstić information content (AvgIpc) is 2.25. The minimum Gasteiger partial charge on any atom is -0.481 e. The predicted octanol–water partition coefficient (Wildman–Crippen LogP) is 0.834. The molecule has 7 heteroatoms. The van der Waals surface area contributed by atoms with Crippen LogP contribution in [0.5, 0.6) is 0 Å². The third-order valence-electron chi connectivity index (χ3n) is 3.04. The lowest BCUT2D eigenvalue weighted by atomic mass is 9.85. The van der Waals surface area contributed by atoms with Crippen LogP contribution in [0.3, 0.4) is 0 Å². The number of imide groups is 1. The molecule has 114 valence electrons. The van der Waals surface area contributed by atoms with Crippen LogP contribution < -0.4 is 5.32 Å². The number of hydrogen-bond acceptors (Lipinski definition) is 4. The van der Waals surface area contributed by atoms with Crippen LogP contribution in [0, 0.1) is 5.41 Å². The number of hydrogen-bond donors (Lipinski definition) is 2. The summed E-state index contributed by atoms with van der Waals surface area (Å²) in [5, 5.41) is 11.1. The van der Waals surface area contributed by atoms with Gasteiger partial charge in [0, 0.05) is 19.5 Å². The van der Waals surface area contributed by atoms with Gasteiger partial charge in [-0.05, 0) is 12.3 Å². The van der Waals surface area contributed by atoms with Gasteiger partial charge in [0.15, 0.2) is 0 Å². The van der Waals surface area contributed by atoms with Gasteiger partial charge < -0.3 is 14.7 Å². The molecule has 0 bridgehead atoms. The lowest BCUT2D eigenvalue weighted by Crippen LogP contribution is -2.50. The summed E-state index contributed by atoms with van der Waals surface area (Å²) in [7, 11) is 0. The van der Waals surface area contributed by atoms with Gasteiger partial charge in [-0.25, -0.2) is 4.79 Å². The number of carbonyl (C=O) groups is 3. The number of aliphatic carboxylic acids is 1. The Bertz CT molecular complexity index is 394. The summed E-state index contributed by atoms with van der Waals surface area (Å²) in [5.74, 6) is -1.42. The van der Waals surface area contributed by atoms with Crippen molar-refractivity contribution in [3.8, 4) is 0 Å². The van der Waals surface area contributed by atoms with Crippen LogP contribution in [0.2, 0.25) is 0 Å². The Morgan fingerprint density at radius 3 is 2.55 bits per heavy atom. The highest BCUT2D eigenvalue weighted by molar-refractivity contribution is 5.94. The number of nitrogens with one attached hydrogen (secondary N) is 1. The number of nitrogens with zero attached hydrogens (tertiary/aromatic N) is 1. The molecule has 2 N–H and O–H groups in total. The maximum atomic E-state index is 11.9. The monoisotopic (exact) mass is 286 g/mol. The van der Waals surface area contributed by atoms with E-state index in [1.165, 1.54) is 4.90 Å². The molecule has 0 aromatic carbocycles. The van der Waals surface area contributed by atoms with Crippen molar-refractivity contribution in [2.45, 2.75) is 39.7 Å². The third kappa shape index (κ3) is 5.56. The lowest BCUT2D eigenvalue weighted by Gasteiger charge is -2.31. The molecule has 0 spiro atoms. The first-order valence-corrected chi connectivity index (χ1v) is 6.62. The molecule has 1 fully saturated rings. The molecule has 1 aliphatic rings.